The first-order valence-electron chi connectivity index (χ1n) is 6.33. The van der Waals surface area contributed by atoms with E-state index < -0.39 is 6.10 Å². The molecule has 0 spiro atoms. The van der Waals surface area contributed by atoms with E-state index in [4.69, 9.17) is 4.74 Å². The predicted molar refractivity (Wildman–Crippen MR) is 69.7 cm³/mol. The third-order valence-corrected chi connectivity index (χ3v) is 3.10. The number of nitrogens with one attached hydrogen (secondary N) is 1. The smallest absolute Gasteiger partial charge is 0.179 e. The highest BCUT2D eigenvalue weighted by atomic mass is 16.5. The second-order valence-electron chi connectivity index (χ2n) is 4.38. The molecule has 2 aromatic heterocycles. The van der Waals surface area contributed by atoms with E-state index in [1.807, 2.05) is 6.07 Å². The number of fused-ring (bicyclic) bond motifs is 1. The molecule has 7 nitrogen and oxygen atoms in total. The molecule has 104 valence electrons. The lowest BCUT2D eigenvalue weighted by Crippen LogP contribution is -2.31. The number of tetrazole rings is 1. The van der Waals surface area contributed by atoms with Gasteiger partial charge in [0.2, 0.25) is 0 Å². The molecule has 2 rings (SSSR count). The summed E-state index contributed by atoms with van der Waals surface area (Å²) in [5.41, 5.74) is 1.44. The molecular weight excluding hydrogens is 246 g/mol. The van der Waals surface area contributed by atoms with Crippen LogP contribution in [-0.4, -0.2) is 51.5 Å². The first kappa shape index (κ1) is 13.9. The molecule has 2 atom stereocenters. The highest BCUT2D eigenvalue weighted by molar-refractivity contribution is 5.36. The molecule has 19 heavy (non-hydrogen) atoms. The number of hydrogen-bond acceptors (Lipinski definition) is 6. The van der Waals surface area contributed by atoms with Gasteiger partial charge in [-0.25, -0.2) is 4.52 Å². The molecule has 0 radical (unpaired) electrons. The maximum absolute atomic E-state index is 10.1. The summed E-state index contributed by atoms with van der Waals surface area (Å²) in [7, 11) is 1.69. The monoisotopic (exact) mass is 265 g/mol. The normalized spacial score (nSPS) is 14.7. The van der Waals surface area contributed by atoms with Crippen molar-refractivity contribution in [3.8, 4) is 0 Å². The van der Waals surface area contributed by atoms with Crippen molar-refractivity contribution in [2.75, 3.05) is 20.2 Å². The maximum atomic E-state index is 10.1. The van der Waals surface area contributed by atoms with Gasteiger partial charge < -0.3 is 15.2 Å². The number of aromatic nitrogens is 4. The Morgan fingerprint density at radius 3 is 3.00 bits per heavy atom. The first-order chi connectivity index (χ1) is 9.24. The van der Waals surface area contributed by atoms with E-state index in [1.54, 1.807) is 23.9 Å². The van der Waals surface area contributed by atoms with Crippen molar-refractivity contribution in [1.82, 2.24) is 25.4 Å². The van der Waals surface area contributed by atoms with Crippen molar-refractivity contribution in [3.05, 3.63) is 23.9 Å². The van der Waals surface area contributed by atoms with Gasteiger partial charge in [-0.1, -0.05) is 13.0 Å². The Labute approximate surface area is 111 Å². The van der Waals surface area contributed by atoms with E-state index in [0.29, 0.717) is 12.2 Å². The van der Waals surface area contributed by atoms with Gasteiger partial charge in [0.1, 0.15) is 0 Å². The molecule has 0 amide bonds. The molecule has 0 saturated carbocycles. The number of ether oxygens (including phenoxy) is 1. The SMILES string of the molecule is CC[C@H](CNCC(O)c1ccc2nnnn2c1)OC. The van der Waals surface area contributed by atoms with Gasteiger partial charge in [0, 0.05) is 32.0 Å². The van der Waals surface area contributed by atoms with Crippen molar-refractivity contribution in [2.24, 2.45) is 0 Å². The van der Waals surface area contributed by atoms with Crippen LogP contribution in [-0.2, 0) is 4.74 Å². The quantitative estimate of drug-likeness (QED) is 0.742. The highest BCUT2D eigenvalue weighted by Gasteiger charge is 2.10. The summed E-state index contributed by atoms with van der Waals surface area (Å²) in [5, 5.41) is 24.5. The second-order valence-corrected chi connectivity index (χ2v) is 4.38. The van der Waals surface area contributed by atoms with Gasteiger partial charge in [0.15, 0.2) is 5.65 Å². The van der Waals surface area contributed by atoms with Gasteiger partial charge >= 0.3 is 0 Å². The number of pyridine rings is 1. The van der Waals surface area contributed by atoms with Crippen LogP contribution >= 0.6 is 0 Å². The number of nitrogens with zero attached hydrogens (tertiary/aromatic N) is 4. The number of methoxy groups -OCH3 is 1. The van der Waals surface area contributed by atoms with Gasteiger partial charge in [-0.3, -0.25) is 0 Å². The Morgan fingerprint density at radius 2 is 2.26 bits per heavy atom. The van der Waals surface area contributed by atoms with Crippen molar-refractivity contribution < 1.29 is 9.84 Å². The summed E-state index contributed by atoms with van der Waals surface area (Å²) < 4.78 is 6.80. The fourth-order valence-electron chi connectivity index (χ4n) is 1.85. The van der Waals surface area contributed by atoms with Crippen molar-refractivity contribution in [3.63, 3.8) is 0 Å². The minimum absolute atomic E-state index is 0.175. The Hall–Kier alpha value is -1.57. The molecule has 2 N–H and O–H groups in total. The van der Waals surface area contributed by atoms with Crippen LogP contribution in [0.2, 0.25) is 0 Å². The molecule has 7 heteroatoms. The first-order valence-corrected chi connectivity index (χ1v) is 6.33. The van der Waals surface area contributed by atoms with Crippen LogP contribution in [0.1, 0.15) is 25.0 Å². The number of aliphatic hydroxyl groups is 1. The molecular formula is C12H19N5O2. The third-order valence-electron chi connectivity index (χ3n) is 3.10. The summed E-state index contributed by atoms with van der Waals surface area (Å²) in [4.78, 5) is 0. The zero-order valence-electron chi connectivity index (χ0n) is 11.2. The summed E-state index contributed by atoms with van der Waals surface area (Å²) in [6, 6.07) is 3.61. The molecule has 0 fully saturated rings. The van der Waals surface area contributed by atoms with E-state index in [1.165, 1.54) is 0 Å². The minimum atomic E-state index is -0.594. The molecule has 0 aliphatic heterocycles. The lowest BCUT2D eigenvalue weighted by atomic mass is 10.1. The standard InChI is InChI=1S/C12H19N5O2/c1-3-10(19-2)6-13-7-11(18)9-4-5-12-14-15-16-17(12)8-9/h4-5,8,10-11,13,18H,3,6-7H2,1-2H3/t10-,11?/m1/s1. The third kappa shape index (κ3) is 3.46. The van der Waals surface area contributed by atoms with Crippen molar-refractivity contribution in [2.45, 2.75) is 25.6 Å². The molecule has 1 unspecified atom stereocenters. The summed E-state index contributed by atoms with van der Waals surface area (Å²) in [6.45, 7) is 3.25. The molecule has 0 saturated heterocycles. The maximum Gasteiger partial charge on any atom is 0.179 e. The summed E-state index contributed by atoms with van der Waals surface area (Å²) in [5.74, 6) is 0. The van der Waals surface area contributed by atoms with E-state index in [-0.39, 0.29) is 6.10 Å². The summed E-state index contributed by atoms with van der Waals surface area (Å²) >= 11 is 0. The number of hydrogen-bond donors (Lipinski definition) is 2. The minimum Gasteiger partial charge on any atom is -0.387 e. The lowest BCUT2D eigenvalue weighted by Gasteiger charge is -2.16. The Morgan fingerprint density at radius 1 is 1.42 bits per heavy atom. The van der Waals surface area contributed by atoms with Crippen LogP contribution in [0.3, 0.4) is 0 Å². The van der Waals surface area contributed by atoms with Crippen LogP contribution in [0.15, 0.2) is 18.3 Å². The van der Waals surface area contributed by atoms with Gasteiger partial charge in [-0.15, -0.1) is 5.10 Å². The Balaban J connectivity index is 1.90. The molecule has 2 heterocycles. The second kappa shape index (κ2) is 6.55. The van der Waals surface area contributed by atoms with Crippen LogP contribution in [0, 0.1) is 0 Å². The largest absolute Gasteiger partial charge is 0.387 e. The van der Waals surface area contributed by atoms with Gasteiger partial charge in [0.05, 0.1) is 12.2 Å². The van der Waals surface area contributed by atoms with E-state index in [0.717, 1.165) is 18.5 Å². The van der Waals surface area contributed by atoms with E-state index in [9.17, 15) is 5.11 Å². The van der Waals surface area contributed by atoms with Crippen LogP contribution in [0.25, 0.3) is 5.65 Å². The van der Waals surface area contributed by atoms with Gasteiger partial charge in [-0.2, -0.15) is 0 Å². The lowest BCUT2D eigenvalue weighted by molar-refractivity contribution is 0.0926. The molecule has 0 aliphatic rings. The fraction of sp³-hybridized carbons (Fsp3) is 0.583. The van der Waals surface area contributed by atoms with Crippen LogP contribution in [0.5, 0.6) is 0 Å². The van der Waals surface area contributed by atoms with E-state index in [2.05, 4.69) is 27.8 Å². The van der Waals surface area contributed by atoms with Gasteiger partial charge in [-0.05, 0) is 22.9 Å². The number of rotatable bonds is 7. The fourth-order valence-corrected chi connectivity index (χ4v) is 1.85. The van der Waals surface area contributed by atoms with Crippen LogP contribution in [0.4, 0.5) is 0 Å². The molecule has 0 aliphatic carbocycles. The average Bonchev–Trinajstić information content (AvgIpc) is 2.90. The van der Waals surface area contributed by atoms with Gasteiger partial charge in [0.25, 0.3) is 0 Å². The van der Waals surface area contributed by atoms with Crippen molar-refractivity contribution in [1.29, 1.82) is 0 Å². The summed E-state index contributed by atoms with van der Waals surface area (Å²) in [6.07, 6.45) is 2.25. The number of aliphatic hydroxyl groups excluding tert-OH is 1. The Kier molecular flexibility index (Phi) is 4.78. The molecule has 2 aromatic rings. The zero-order chi connectivity index (χ0) is 13.7. The van der Waals surface area contributed by atoms with E-state index >= 15 is 0 Å². The zero-order valence-corrected chi connectivity index (χ0v) is 11.2. The predicted octanol–water partition coefficient (Wildman–Crippen LogP) is 0.172. The average molecular weight is 265 g/mol. The van der Waals surface area contributed by atoms with Crippen LogP contribution < -0.4 is 5.32 Å². The van der Waals surface area contributed by atoms with Crippen molar-refractivity contribution >= 4 is 5.65 Å². The molecule has 0 bridgehead atoms. The topological polar surface area (TPSA) is 84.6 Å². The highest BCUT2D eigenvalue weighted by Crippen LogP contribution is 2.12. The Bertz CT molecular complexity index is 512. The molecule has 0 aromatic carbocycles.